The van der Waals surface area contributed by atoms with Crippen molar-refractivity contribution in [3.8, 4) is 0 Å². The molecule has 0 aromatic carbocycles. The molecule has 98 heavy (non-hydrogen) atoms. The van der Waals surface area contributed by atoms with Crippen molar-refractivity contribution >= 4 is 39.5 Å². The van der Waals surface area contributed by atoms with Crippen LogP contribution in [0.3, 0.4) is 0 Å². The first-order valence-electron chi connectivity index (χ1n) is 39.5. The van der Waals surface area contributed by atoms with Gasteiger partial charge in [0.1, 0.15) is 19.3 Å². The highest BCUT2D eigenvalue weighted by Crippen LogP contribution is 2.45. The smallest absolute Gasteiger partial charge is 0.462 e. The first-order chi connectivity index (χ1) is 47.7. The van der Waals surface area contributed by atoms with Crippen molar-refractivity contribution in [1.82, 2.24) is 0 Å². The molecule has 17 nitrogen and oxygen atoms in total. The number of phosphoric ester groups is 2. The molecule has 0 aliphatic rings. The van der Waals surface area contributed by atoms with Crippen molar-refractivity contribution in [2.24, 2.45) is 0 Å². The maximum absolute atomic E-state index is 13.1. The molecule has 5 unspecified atom stereocenters. The van der Waals surface area contributed by atoms with Gasteiger partial charge in [-0.15, -0.1) is 0 Å². The Hall–Kier alpha value is -3.24. The third-order valence-electron chi connectivity index (χ3n) is 17.0. The van der Waals surface area contributed by atoms with Gasteiger partial charge >= 0.3 is 39.5 Å². The fourth-order valence-electron chi connectivity index (χ4n) is 11.0. The number of rotatable bonds is 75. The van der Waals surface area contributed by atoms with Crippen LogP contribution in [0.5, 0.6) is 0 Å². The molecule has 0 aromatic rings. The summed E-state index contributed by atoms with van der Waals surface area (Å²) in [6.07, 6.45) is 70.6. The predicted molar refractivity (Wildman–Crippen MR) is 400 cm³/mol. The number of aliphatic hydroxyl groups is 1. The Bertz CT molecular complexity index is 2100. The fraction of sp³-hybridized carbons (Fsp3) is 0.823. The van der Waals surface area contributed by atoms with Gasteiger partial charge in [-0.3, -0.25) is 37.3 Å². The van der Waals surface area contributed by atoms with E-state index in [4.69, 9.17) is 37.0 Å². The van der Waals surface area contributed by atoms with E-state index in [-0.39, 0.29) is 25.7 Å². The summed E-state index contributed by atoms with van der Waals surface area (Å²) in [5.74, 6) is -2.16. The molecule has 19 heteroatoms. The van der Waals surface area contributed by atoms with Gasteiger partial charge in [0, 0.05) is 25.7 Å². The summed E-state index contributed by atoms with van der Waals surface area (Å²) in [5.41, 5.74) is 0. The van der Waals surface area contributed by atoms with E-state index in [9.17, 15) is 43.2 Å². The summed E-state index contributed by atoms with van der Waals surface area (Å²) < 4.78 is 68.5. The minimum Gasteiger partial charge on any atom is -0.462 e. The number of unbranched alkanes of at least 4 members (excludes halogenated alkanes) is 39. The molecule has 0 amide bonds. The SMILES string of the molecule is CC/C=C\C/C=C\C/C=C\C/C=C\CCCCCCCCC(=O)OCC(COP(=O)(O)OCC(O)COP(=O)(O)OCC(COC(=O)CCCCCCCCCCCCCCC)OC(=O)CCCCCCCCCCCCC)OC(=O)CCCCCCC/C=C\CCCCCCCC. The number of phosphoric acid groups is 2. The number of hydrogen-bond acceptors (Lipinski definition) is 15. The molecule has 0 spiro atoms. The van der Waals surface area contributed by atoms with Gasteiger partial charge in [0.2, 0.25) is 0 Å². The zero-order valence-corrected chi connectivity index (χ0v) is 64.3. The van der Waals surface area contributed by atoms with Crippen LogP contribution >= 0.6 is 15.6 Å². The Morgan fingerprint density at radius 1 is 0.296 bits per heavy atom. The van der Waals surface area contributed by atoms with E-state index in [1.807, 2.05) is 0 Å². The van der Waals surface area contributed by atoms with Gasteiger partial charge in [-0.05, 0) is 89.9 Å². The van der Waals surface area contributed by atoms with E-state index < -0.39 is 97.5 Å². The number of ether oxygens (including phenoxy) is 4. The van der Waals surface area contributed by atoms with Crippen LogP contribution in [0.25, 0.3) is 0 Å². The summed E-state index contributed by atoms with van der Waals surface area (Å²) in [6, 6.07) is 0. The maximum atomic E-state index is 13.1. The molecule has 572 valence electrons. The number of esters is 4. The molecule has 0 aliphatic carbocycles. The Morgan fingerprint density at radius 2 is 0.531 bits per heavy atom. The number of carbonyl (C=O) groups is 4. The molecule has 0 fully saturated rings. The van der Waals surface area contributed by atoms with Crippen molar-refractivity contribution in [1.29, 1.82) is 0 Å². The second-order valence-electron chi connectivity index (χ2n) is 26.6. The molecule has 0 bridgehead atoms. The largest absolute Gasteiger partial charge is 0.472 e. The molecule has 0 radical (unpaired) electrons. The van der Waals surface area contributed by atoms with Gasteiger partial charge in [-0.1, -0.05) is 307 Å². The fourth-order valence-corrected chi connectivity index (χ4v) is 12.6. The van der Waals surface area contributed by atoms with E-state index in [0.29, 0.717) is 25.7 Å². The zero-order valence-electron chi connectivity index (χ0n) is 62.5. The van der Waals surface area contributed by atoms with E-state index >= 15 is 0 Å². The quantitative estimate of drug-likeness (QED) is 0.0169. The van der Waals surface area contributed by atoms with E-state index in [2.05, 4.69) is 88.5 Å². The van der Waals surface area contributed by atoms with Gasteiger partial charge in [0.05, 0.1) is 26.4 Å². The minimum absolute atomic E-state index is 0.0856. The van der Waals surface area contributed by atoms with Crippen LogP contribution in [0.15, 0.2) is 60.8 Å². The molecule has 0 rings (SSSR count). The van der Waals surface area contributed by atoms with Crippen LogP contribution in [0.4, 0.5) is 0 Å². The zero-order chi connectivity index (χ0) is 71.8. The third-order valence-corrected chi connectivity index (χ3v) is 18.9. The van der Waals surface area contributed by atoms with Crippen LogP contribution < -0.4 is 0 Å². The lowest BCUT2D eigenvalue weighted by Crippen LogP contribution is -2.30. The van der Waals surface area contributed by atoms with Crippen LogP contribution in [-0.2, 0) is 65.4 Å². The molecule has 3 N–H and O–H groups in total. The molecule has 0 saturated heterocycles. The highest BCUT2D eigenvalue weighted by Gasteiger charge is 2.30. The normalized spacial score (nSPS) is 14.2. The lowest BCUT2D eigenvalue weighted by atomic mass is 10.0. The van der Waals surface area contributed by atoms with Crippen LogP contribution in [0.1, 0.15) is 362 Å². The molecule has 0 aromatic heterocycles. The van der Waals surface area contributed by atoms with E-state index in [1.54, 1.807) is 0 Å². The van der Waals surface area contributed by atoms with Crippen molar-refractivity contribution < 1.29 is 80.2 Å². The summed E-state index contributed by atoms with van der Waals surface area (Å²) in [6.45, 7) is 4.79. The number of allylic oxidation sites excluding steroid dienone is 10. The minimum atomic E-state index is -4.97. The second-order valence-corrected chi connectivity index (χ2v) is 29.5. The van der Waals surface area contributed by atoms with Crippen molar-refractivity contribution in [2.45, 2.75) is 380 Å². The van der Waals surface area contributed by atoms with Gasteiger partial charge in [0.15, 0.2) is 12.2 Å². The molecule has 5 atom stereocenters. The Morgan fingerprint density at radius 3 is 0.827 bits per heavy atom. The number of hydrogen-bond donors (Lipinski definition) is 3. The third kappa shape index (κ3) is 71.2. The first-order valence-corrected chi connectivity index (χ1v) is 42.5. The Balaban J connectivity index is 5.30. The highest BCUT2D eigenvalue weighted by atomic mass is 31.2. The van der Waals surface area contributed by atoms with Gasteiger partial charge in [-0.25, -0.2) is 9.13 Å². The molecular weight excluding hydrogens is 1280 g/mol. The molecule has 0 aliphatic heterocycles. The second kappa shape index (κ2) is 72.1. The average Bonchev–Trinajstić information content (AvgIpc) is 0.992. The van der Waals surface area contributed by atoms with Crippen LogP contribution in [-0.4, -0.2) is 96.7 Å². The average molecular weight is 1430 g/mol. The van der Waals surface area contributed by atoms with E-state index in [1.165, 1.54) is 135 Å². The van der Waals surface area contributed by atoms with Gasteiger partial charge in [0.25, 0.3) is 0 Å². The predicted octanol–water partition coefficient (Wildman–Crippen LogP) is 22.7. The molecule has 0 heterocycles. The monoisotopic (exact) mass is 1430 g/mol. The first kappa shape index (κ1) is 94.8. The summed E-state index contributed by atoms with van der Waals surface area (Å²) in [5, 5.41) is 10.6. The maximum Gasteiger partial charge on any atom is 0.472 e. The van der Waals surface area contributed by atoms with Crippen molar-refractivity contribution in [2.75, 3.05) is 39.6 Å². The molecule has 0 saturated carbocycles. The van der Waals surface area contributed by atoms with Crippen LogP contribution in [0, 0.1) is 0 Å². The lowest BCUT2D eigenvalue weighted by molar-refractivity contribution is -0.161. The highest BCUT2D eigenvalue weighted by molar-refractivity contribution is 7.47. The van der Waals surface area contributed by atoms with E-state index in [0.717, 1.165) is 148 Å². The van der Waals surface area contributed by atoms with Crippen molar-refractivity contribution in [3.63, 3.8) is 0 Å². The standard InChI is InChI=1S/C79H144O17P2/c1-5-9-13-17-21-25-29-32-34-35-36-37-39-41-45-48-52-56-60-64-77(82)90-70-75(96-79(84)66-62-58-54-50-46-42-38-33-30-26-22-18-14-10-6-2)72-94-98(87,88)92-68-73(80)67-91-97(85,86)93-71-74(95-78(83)65-61-57-53-49-43-28-24-20-16-12-8-4)69-89-76(81)63-59-55-51-47-44-40-31-27-23-19-15-11-7-3/h9,13,21,25,32-34,36-38,73-75,80H,5-8,10-12,14-20,22-24,26-31,35,39-72H2,1-4H3,(H,85,86)(H,87,88)/b13-9-,25-21-,34-32-,37-36-,38-33-. The lowest BCUT2D eigenvalue weighted by Gasteiger charge is -2.21. The number of aliphatic hydroxyl groups excluding tert-OH is 1. The van der Waals surface area contributed by atoms with Gasteiger partial charge < -0.3 is 33.8 Å². The number of carbonyl (C=O) groups excluding carboxylic acids is 4. The van der Waals surface area contributed by atoms with Gasteiger partial charge in [-0.2, -0.15) is 0 Å². The summed E-state index contributed by atoms with van der Waals surface area (Å²) in [4.78, 5) is 72.9. The Labute approximate surface area is 597 Å². The Kier molecular flexibility index (Phi) is 69.7. The topological polar surface area (TPSA) is 237 Å². The summed E-state index contributed by atoms with van der Waals surface area (Å²) >= 11 is 0. The van der Waals surface area contributed by atoms with Crippen molar-refractivity contribution in [3.05, 3.63) is 60.8 Å². The molecular formula is C79H144O17P2. The summed E-state index contributed by atoms with van der Waals surface area (Å²) in [7, 11) is -9.93. The van der Waals surface area contributed by atoms with Crippen LogP contribution in [0.2, 0.25) is 0 Å².